The molecule has 0 fully saturated rings. The summed E-state index contributed by atoms with van der Waals surface area (Å²) in [5.41, 5.74) is 32.2. The molecular formula is C135H86N8. The minimum Gasteiger partial charge on any atom is -0.309 e. The Morgan fingerprint density at radius 2 is 0.531 bits per heavy atom. The number of aliphatic imine (C=N–C) groups is 1. The van der Waals surface area contributed by atoms with Crippen molar-refractivity contribution in [2.45, 2.75) is 5.92 Å². The van der Waals surface area contributed by atoms with E-state index in [0.717, 1.165) is 89.6 Å². The van der Waals surface area contributed by atoms with Gasteiger partial charge in [0.25, 0.3) is 0 Å². The van der Waals surface area contributed by atoms with E-state index < -0.39 is 0 Å². The van der Waals surface area contributed by atoms with Crippen LogP contribution in [0.5, 0.6) is 0 Å². The summed E-state index contributed by atoms with van der Waals surface area (Å²) in [6.45, 7) is 0. The van der Waals surface area contributed by atoms with Crippen LogP contribution in [0.3, 0.4) is 0 Å². The lowest BCUT2D eigenvalue weighted by atomic mass is 9.80. The van der Waals surface area contributed by atoms with Gasteiger partial charge in [0.2, 0.25) is 0 Å². The standard InChI is InChI=1S/C46H30N2.C45H29N3.C44H27N3/c1-2-14-30(15-3-1)44-39-22-8-11-23-40(39)47-46(44)45-37-20-6-4-18-35(37)43(36-19-5-7-21-38(36)45)31-26-28-32(29-27-31)48-41-24-12-9-16-33(41)34-17-10-13-25-42(34)48;1-2-16-31(17-3-1)48-42-28-13-10-25-39(42)46-45(48)44-37-23-6-4-21-35(37)43(36-22-5-7-24-38(36)44)30-15-14-18-32(29-30)47-40-26-11-8-19-33(40)34-20-9-12-27-41(34)47;1-3-18-36-34(16-1)41(30-11-9-13-31(27-30)47-39-20-7-5-14-32(39)33-15-6-8-21-40(33)47)35-17-2-4-19-37(35)42(36)38-25-24-29-23-22-28-12-10-26-45-43(28)44(29)46-38/h1-29,44H;1-29H;1-27H. The first-order valence-corrected chi connectivity index (χ1v) is 49.0. The van der Waals surface area contributed by atoms with Gasteiger partial charge in [-0.15, -0.1) is 0 Å². The van der Waals surface area contributed by atoms with Gasteiger partial charge >= 0.3 is 0 Å². The highest BCUT2D eigenvalue weighted by Crippen LogP contribution is 2.52. The van der Waals surface area contributed by atoms with Crippen LogP contribution in [-0.4, -0.2) is 38.9 Å². The van der Waals surface area contributed by atoms with Gasteiger partial charge in [-0.3, -0.25) is 14.5 Å². The second kappa shape index (κ2) is 34.0. The van der Waals surface area contributed by atoms with Crippen LogP contribution in [-0.2, 0) is 0 Å². The Morgan fingerprint density at radius 1 is 0.196 bits per heavy atom. The lowest BCUT2D eigenvalue weighted by Gasteiger charge is -2.21. The van der Waals surface area contributed by atoms with Crippen molar-refractivity contribution in [3.63, 3.8) is 0 Å². The van der Waals surface area contributed by atoms with Crippen molar-refractivity contribution in [1.29, 1.82) is 0 Å². The number of pyridine rings is 2. The summed E-state index contributed by atoms with van der Waals surface area (Å²) < 4.78 is 9.49. The summed E-state index contributed by atoms with van der Waals surface area (Å²) in [6, 6.07) is 183. The fourth-order valence-electron chi connectivity index (χ4n) is 23.3. The van der Waals surface area contributed by atoms with E-state index in [9.17, 15) is 0 Å². The molecule has 1 atom stereocenters. The van der Waals surface area contributed by atoms with Crippen LogP contribution in [0.15, 0.2) is 521 Å². The molecule has 143 heavy (non-hydrogen) atoms. The van der Waals surface area contributed by atoms with Crippen molar-refractivity contribution in [3.8, 4) is 78.8 Å². The molecule has 0 radical (unpaired) electrons. The number of hydrogen-bond acceptors (Lipinski definition) is 4. The zero-order chi connectivity index (χ0) is 94.1. The Kier molecular flexibility index (Phi) is 19.6. The van der Waals surface area contributed by atoms with Gasteiger partial charge < -0.3 is 13.7 Å². The number of nitrogens with zero attached hydrogens (tertiary/aromatic N) is 8. The summed E-state index contributed by atoms with van der Waals surface area (Å²) in [5, 5.41) is 24.3. The highest BCUT2D eigenvalue weighted by Gasteiger charge is 2.34. The SMILES string of the molecule is c1cc(-c2c3ccccc3c(-c3ccc4ccc5cccnc5c4n3)c3ccccc23)cc(-n2c3ccccc3c3ccccc32)c1.c1ccc(-n2c(-c3c4ccccc4c(-c4cccc(-n5c6ccccc6c6ccccc65)c4)c4ccccc34)nc3ccccc32)cc1.c1ccc(C2C(c3c4ccccc4c(-c4ccc(-n5c6ccccc6c6ccccc65)cc4)c4ccccc34)=Nc3ccccc32)cc1. The van der Waals surface area contributed by atoms with Gasteiger partial charge in [-0.05, 0) is 224 Å². The molecule has 0 spiro atoms. The molecule has 0 aliphatic carbocycles. The van der Waals surface area contributed by atoms with Gasteiger partial charge in [0.15, 0.2) is 0 Å². The van der Waals surface area contributed by atoms with Gasteiger partial charge in [0, 0.05) is 88.7 Å². The Balaban J connectivity index is 0.000000105. The lowest BCUT2D eigenvalue weighted by molar-refractivity contribution is 1.11. The number of benzene rings is 23. The van der Waals surface area contributed by atoms with Crippen LogP contribution >= 0.6 is 0 Å². The Morgan fingerprint density at radius 3 is 0.986 bits per heavy atom. The van der Waals surface area contributed by atoms with E-state index in [1.54, 1.807) is 0 Å². The minimum absolute atomic E-state index is 0.0607. The third-order valence-electron chi connectivity index (χ3n) is 29.4. The van der Waals surface area contributed by atoms with Gasteiger partial charge in [-0.1, -0.05) is 394 Å². The molecule has 8 heteroatoms. The van der Waals surface area contributed by atoms with E-state index >= 15 is 0 Å². The minimum atomic E-state index is 0.0607. The second-order valence-corrected chi connectivity index (χ2v) is 37.2. The summed E-state index contributed by atoms with van der Waals surface area (Å²) in [6.07, 6.45) is 1.85. The van der Waals surface area contributed by atoms with E-state index in [4.69, 9.17) is 19.9 Å². The highest BCUT2D eigenvalue weighted by molar-refractivity contribution is 6.30. The molecule has 0 saturated carbocycles. The molecule has 1 aliphatic heterocycles. The molecule has 23 aromatic carbocycles. The van der Waals surface area contributed by atoms with Crippen molar-refractivity contribution in [3.05, 3.63) is 532 Å². The van der Waals surface area contributed by atoms with Crippen LogP contribution in [0.25, 0.3) is 242 Å². The maximum atomic E-state index is 5.39. The fourth-order valence-corrected chi connectivity index (χ4v) is 23.3. The third kappa shape index (κ3) is 13.4. The quantitative estimate of drug-likeness (QED) is 0.0957. The lowest BCUT2D eigenvalue weighted by Crippen LogP contribution is -2.13. The largest absolute Gasteiger partial charge is 0.309 e. The van der Waals surface area contributed by atoms with Gasteiger partial charge in [0.05, 0.1) is 78.2 Å². The predicted octanol–water partition coefficient (Wildman–Crippen LogP) is 35.3. The molecule has 1 unspecified atom stereocenters. The Labute approximate surface area is 823 Å². The van der Waals surface area contributed by atoms with Crippen LogP contribution in [0.4, 0.5) is 5.69 Å². The average molecular weight is 1820 g/mol. The maximum Gasteiger partial charge on any atom is 0.146 e. The van der Waals surface area contributed by atoms with Crippen LogP contribution in [0.1, 0.15) is 22.6 Å². The topological polar surface area (TPSA) is 70.8 Å². The predicted molar refractivity (Wildman–Crippen MR) is 601 cm³/mol. The molecular weight excluding hydrogens is 1730 g/mol. The van der Waals surface area contributed by atoms with Crippen molar-refractivity contribution in [2.24, 2.45) is 4.99 Å². The van der Waals surface area contributed by atoms with Crippen molar-refractivity contribution in [1.82, 2.24) is 33.2 Å². The van der Waals surface area contributed by atoms with Crippen molar-refractivity contribution >= 4 is 174 Å². The first-order valence-electron chi connectivity index (χ1n) is 49.0. The molecule has 0 saturated heterocycles. The number of fused-ring (bicyclic) bond motifs is 20. The molecule has 7 heterocycles. The molecule has 0 amide bonds. The van der Waals surface area contributed by atoms with Crippen LogP contribution in [0.2, 0.25) is 0 Å². The summed E-state index contributed by atoms with van der Waals surface area (Å²) in [5.74, 6) is 1.01. The second-order valence-electron chi connectivity index (χ2n) is 37.2. The Hall–Kier alpha value is -19.0. The Bertz CT molecular complexity index is 9940. The number of aromatic nitrogens is 7. The molecule has 29 aromatic rings. The maximum absolute atomic E-state index is 5.39. The van der Waals surface area contributed by atoms with Gasteiger partial charge in [-0.2, -0.15) is 0 Å². The highest BCUT2D eigenvalue weighted by atomic mass is 15.1. The fraction of sp³-hybridized carbons (Fsp3) is 0.00741. The monoisotopic (exact) mass is 1820 g/mol. The smallest absolute Gasteiger partial charge is 0.146 e. The summed E-state index contributed by atoms with van der Waals surface area (Å²) >= 11 is 0. The molecule has 0 N–H and O–H groups in total. The normalized spacial score (nSPS) is 12.6. The van der Waals surface area contributed by atoms with E-state index in [0.29, 0.717) is 0 Å². The third-order valence-corrected chi connectivity index (χ3v) is 29.4. The average Bonchev–Trinajstić information content (AvgIpc) is 1.70. The number of rotatable bonds is 11. The molecule has 1 aliphatic rings. The van der Waals surface area contributed by atoms with Crippen molar-refractivity contribution in [2.75, 3.05) is 0 Å². The van der Waals surface area contributed by atoms with E-state index in [-0.39, 0.29) is 5.92 Å². The summed E-state index contributed by atoms with van der Waals surface area (Å²) in [7, 11) is 0. The molecule has 8 nitrogen and oxygen atoms in total. The molecule has 30 rings (SSSR count). The van der Waals surface area contributed by atoms with E-state index in [1.165, 1.54) is 180 Å². The number of imidazole rings is 1. The van der Waals surface area contributed by atoms with Gasteiger partial charge in [0.1, 0.15) is 5.82 Å². The van der Waals surface area contributed by atoms with E-state index in [2.05, 4.69) is 522 Å². The summed E-state index contributed by atoms with van der Waals surface area (Å²) in [4.78, 5) is 20.8. The van der Waals surface area contributed by atoms with Crippen molar-refractivity contribution < 1.29 is 0 Å². The first-order chi connectivity index (χ1) is 71.0. The zero-order valence-corrected chi connectivity index (χ0v) is 77.7. The molecule has 666 valence electrons. The first kappa shape index (κ1) is 82.3. The zero-order valence-electron chi connectivity index (χ0n) is 77.7. The molecule has 0 bridgehead atoms. The van der Waals surface area contributed by atoms with Gasteiger partial charge in [-0.25, -0.2) is 9.97 Å². The molecule has 6 aromatic heterocycles. The number of para-hydroxylation sites is 10. The van der Waals surface area contributed by atoms with Crippen LogP contribution in [0, 0.1) is 0 Å². The van der Waals surface area contributed by atoms with E-state index in [1.807, 2.05) is 12.3 Å². The number of hydrogen-bond donors (Lipinski definition) is 0. The van der Waals surface area contributed by atoms with Crippen LogP contribution < -0.4 is 0 Å².